The molecule has 1 saturated heterocycles. The van der Waals surface area contributed by atoms with E-state index in [-0.39, 0.29) is 11.7 Å². The minimum atomic E-state index is -0.269. The van der Waals surface area contributed by atoms with E-state index in [9.17, 15) is 9.18 Å². The average molecular weight is 396 g/mol. The van der Waals surface area contributed by atoms with Crippen LogP contribution in [0.2, 0.25) is 0 Å². The molecule has 1 aliphatic rings. The van der Waals surface area contributed by atoms with Gasteiger partial charge in [-0.15, -0.1) is 0 Å². The molecule has 1 aliphatic heterocycles. The molecule has 1 amide bonds. The highest BCUT2D eigenvalue weighted by molar-refractivity contribution is 5.93. The molecule has 7 heteroatoms. The summed E-state index contributed by atoms with van der Waals surface area (Å²) in [6.07, 6.45) is 3.64. The normalized spacial score (nSPS) is 15.5. The van der Waals surface area contributed by atoms with Gasteiger partial charge in [0.05, 0.1) is 36.2 Å². The number of fused-ring (bicyclic) bond motifs is 1. The molecule has 0 spiro atoms. The zero-order valence-corrected chi connectivity index (χ0v) is 16.5. The van der Waals surface area contributed by atoms with E-state index in [0.717, 1.165) is 31.4 Å². The largest absolute Gasteiger partial charge is 0.492 e. The zero-order chi connectivity index (χ0) is 20.2. The van der Waals surface area contributed by atoms with E-state index in [1.54, 1.807) is 12.4 Å². The van der Waals surface area contributed by atoms with E-state index in [0.29, 0.717) is 36.1 Å². The summed E-state index contributed by atoms with van der Waals surface area (Å²) in [4.78, 5) is 19.0. The predicted molar refractivity (Wildman–Crippen MR) is 111 cm³/mol. The summed E-state index contributed by atoms with van der Waals surface area (Å²) in [6.45, 7) is 4.47. The van der Waals surface area contributed by atoms with E-state index in [2.05, 4.69) is 19.8 Å². The zero-order valence-electron chi connectivity index (χ0n) is 16.5. The Labute approximate surface area is 169 Å². The van der Waals surface area contributed by atoms with Crippen LogP contribution in [0, 0.1) is 5.82 Å². The second-order valence-corrected chi connectivity index (χ2v) is 7.27. The summed E-state index contributed by atoms with van der Waals surface area (Å²) in [7, 11) is 0. The molecule has 3 aromatic rings. The molecule has 29 heavy (non-hydrogen) atoms. The fraction of sp³-hybridized carbons (Fsp3) is 0.364. The molecule has 0 saturated carbocycles. The molecule has 6 nitrogen and oxygen atoms in total. The Morgan fingerprint density at radius 3 is 2.83 bits per heavy atom. The van der Waals surface area contributed by atoms with Gasteiger partial charge in [-0.3, -0.25) is 9.69 Å². The van der Waals surface area contributed by atoms with Crippen LogP contribution < -0.4 is 10.1 Å². The van der Waals surface area contributed by atoms with Crippen LogP contribution in [0.15, 0.2) is 48.8 Å². The second kappa shape index (κ2) is 8.61. The van der Waals surface area contributed by atoms with Crippen LogP contribution in [-0.2, 0) is 4.79 Å². The highest BCUT2D eigenvalue weighted by atomic mass is 19.1. The Balaban J connectivity index is 1.33. The Morgan fingerprint density at radius 2 is 2.03 bits per heavy atom. The molecule has 2 aromatic carbocycles. The maximum absolute atomic E-state index is 13.4. The van der Waals surface area contributed by atoms with Crippen molar-refractivity contribution in [1.82, 2.24) is 14.5 Å². The number of amides is 1. The molecule has 1 N–H and O–H groups in total. The summed E-state index contributed by atoms with van der Waals surface area (Å²) >= 11 is 0. The van der Waals surface area contributed by atoms with Gasteiger partial charge in [0.25, 0.3) is 0 Å². The number of likely N-dealkylation sites (tertiary alicyclic amines) is 1. The Hall–Kier alpha value is -2.93. The van der Waals surface area contributed by atoms with Crippen molar-refractivity contribution in [2.45, 2.75) is 25.8 Å². The third kappa shape index (κ3) is 4.40. The number of ether oxygens (including phenoxy) is 1. The van der Waals surface area contributed by atoms with Crippen molar-refractivity contribution >= 4 is 22.6 Å². The smallest absolute Gasteiger partial charge is 0.238 e. The topological polar surface area (TPSA) is 59.4 Å². The third-order valence-electron chi connectivity index (χ3n) is 5.32. The number of carbonyl (C=O) groups excluding carboxylic acids is 1. The van der Waals surface area contributed by atoms with Crippen molar-refractivity contribution in [2.24, 2.45) is 0 Å². The lowest BCUT2D eigenvalue weighted by Gasteiger charge is -2.32. The Morgan fingerprint density at radius 1 is 1.24 bits per heavy atom. The Bertz CT molecular complexity index is 995. The number of hydrogen-bond acceptors (Lipinski definition) is 4. The van der Waals surface area contributed by atoms with Gasteiger partial charge in [0.2, 0.25) is 5.91 Å². The first-order valence-electron chi connectivity index (χ1n) is 10.00. The van der Waals surface area contributed by atoms with E-state index in [1.807, 2.05) is 31.2 Å². The number of halogens is 1. The van der Waals surface area contributed by atoms with Gasteiger partial charge in [0.15, 0.2) is 0 Å². The summed E-state index contributed by atoms with van der Waals surface area (Å²) in [5.74, 6) is 0.374. The monoisotopic (exact) mass is 396 g/mol. The van der Waals surface area contributed by atoms with E-state index in [4.69, 9.17) is 4.74 Å². The fourth-order valence-electron chi connectivity index (χ4n) is 3.90. The van der Waals surface area contributed by atoms with Crippen LogP contribution in [0.3, 0.4) is 0 Å². The molecule has 0 bridgehead atoms. The Kier molecular flexibility index (Phi) is 5.76. The van der Waals surface area contributed by atoms with Crippen LogP contribution >= 0.6 is 0 Å². The molecule has 4 rings (SSSR count). The van der Waals surface area contributed by atoms with Gasteiger partial charge in [-0.1, -0.05) is 12.1 Å². The summed E-state index contributed by atoms with van der Waals surface area (Å²) in [6, 6.07) is 12.5. The lowest BCUT2D eigenvalue weighted by molar-refractivity contribution is -0.117. The van der Waals surface area contributed by atoms with Crippen LogP contribution in [0.1, 0.15) is 25.8 Å². The number of aromatic nitrogens is 2. The van der Waals surface area contributed by atoms with Crippen LogP contribution in [-0.4, -0.2) is 46.6 Å². The van der Waals surface area contributed by atoms with Gasteiger partial charge in [-0.25, -0.2) is 9.37 Å². The summed E-state index contributed by atoms with van der Waals surface area (Å²) < 4.78 is 21.1. The SMILES string of the molecule is CCOc1ccccc1NC(=O)CN1CCC(n2cnc3cc(F)ccc32)CC1. The fourth-order valence-corrected chi connectivity index (χ4v) is 3.90. The summed E-state index contributed by atoms with van der Waals surface area (Å²) in [5, 5.41) is 2.95. The van der Waals surface area contributed by atoms with Crippen molar-refractivity contribution < 1.29 is 13.9 Å². The number of hydrogen-bond donors (Lipinski definition) is 1. The van der Waals surface area contributed by atoms with Gasteiger partial charge in [0, 0.05) is 25.2 Å². The number of para-hydroxylation sites is 2. The molecule has 0 unspecified atom stereocenters. The number of anilines is 1. The molecular weight excluding hydrogens is 371 g/mol. The molecule has 0 aliphatic carbocycles. The number of carbonyl (C=O) groups is 1. The van der Waals surface area contributed by atoms with Gasteiger partial charge in [0.1, 0.15) is 11.6 Å². The lowest BCUT2D eigenvalue weighted by Crippen LogP contribution is -2.39. The maximum atomic E-state index is 13.4. The minimum Gasteiger partial charge on any atom is -0.492 e. The predicted octanol–water partition coefficient (Wildman–Crippen LogP) is 3.85. The van der Waals surface area contributed by atoms with Crippen LogP contribution in [0.5, 0.6) is 5.75 Å². The first-order valence-corrected chi connectivity index (χ1v) is 10.00. The van der Waals surface area contributed by atoms with Crippen molar-refractivity contribution in [1.29, 1.82) is 0 Å². The van der Waals surface area contributed by atoms with Gasteiger partial charge >= 0.3 is 0 Å². The standard InChI is InChI=1S/C22H25FN4O2/c1-2-29-21-6-4-3-5-18(21)25-22(28)14-26-11-9-17(10-12-26)27-15-24-19-13-16(23)7-8-20(19)27/h3-8,13,15,17H,2,9-12,14H2,1H3,(H,25,28). The van der Waals surface area contributed by atoms with Gasteiger partial charge < -0.3 is 14.6 Å². The number of rotatable bonds is 6. The van der Waals surface area contributed by atoms with Gasteiger partial charge in [-0.2, -0.15) is 0 Å². The van der Waals surface area contributed by atoms with Crippen LogP contribution in [0.25, 0.3) is 11.0 Å². The number of imidazole rings is 1. The van der Waals surface area contributed by atoms with E-state index in [1.165, 1.54) is 12.1 Å². The number of piperidine rings is 1. The first-order chi connectivity index (χ1) is 14.1. The molecule has 1 fully saturated rings. The van der Waals surface area contributed by atoms with Crippen molar-refractivity contribution in [3.63, 3.8) is 0 Å². The van der Waals surface area contributed by atoms with Crippen molar-refractivity contribution in [2.75, 3.05) is 31.6 Å². The quantitative estimate of drug-likeness (QED) is 0.688. The van der Waals surface area contributed by atoms with E-state index < -0.39 is 0 Å². The van der Waals surface area contributed by atoms with E-state index >= 15 is 0 Å². The maximum Gasteiger partial charge on any atom is 0.238 e. The highest BCUT2D eigenvalue weighted by Crippen LogP contribution is 2.27. The minimum absolute atomic E-state index is 0.0424. The first kappa shape index (κ1) is 19.4. The molecule has 1 aromatic heterocycles. The van der Waals surface area contributed by atoms with Crippen molar-refractivity contribution in [3.8, 4) is 5.75 Å². The molecule has 2 heterocycles. The molecule has 152 valence electrons. The lowest BCUT2D eigenvalue weighted by atomic mass is 10.0. The van der Waals surface area contributed by atoms with Crippen molar-refractivity contribution in [3.05, 3.63) is 54.6 Å². The number of nitrogens with one attached hydrogen (secondary N) is 1. The summed E-state index contributed by atoms with van der Waals surface area (Å²) in [5.41, 5.74) is 2.33. The number of benzene rings is 2. The number of nitrogens with zero attached hydrogens (tertiary/aromatic N) is 3. The molecule has 0 atom stereocenters. The second-order valence-electron chi connectivity index (χ2n) is 7.27. The molecule has 0 radical (unpaired) electrons. The average Bonchev–Trinajstić information content (AvgIpc) is 3.13. The molecular formula is C22H25FN4O2. The van der Waals surface area contributed by atoms with Crippen LogP contribution in [0.4, 0.5) is 10.1 Å². The highest BCUT2D eigenvalue weighted by Gasteiger charge is 2.23. The van der Waals surface area contributed by atoms with Gasteiger partial charge in [-0.05, 0) is 44.0 Å². The third-order valence-corrected chi connectivity index (χ3v) is 5.32.